The van der Waals surface area contributed by atoms with Gasteiger partial charge in [0.25, 0.3) is 5.91 Å². The van der Waals surface area contributed by atoms with E-state index < -0.39 is 0 Å². The Morgan fingerprint density at radius 1 is 0.958 bits per heavy atom. The van der Waals surface area contributed by atoms with Gasteiger partial charge in [0.1, 0.15) is 12.4 Å². The van der Waals surface area contributed by atoms with Crippen LogP contribution in [0.15, 0.2) is 66.7 Å². The van der Waals surface area contributed by atoms with Crippen molar-refractivity contribution in [3.63, 3.8) is 0 Å². The number of amides is 1. The second kappa shape index (κ2) is 7.62. The molecule has 0 bridgehead atoms. The monoisotopic (exact) mass is 321 g/mol. The summed E-state index contributed by atoms with van der Waals surface area (Å²) in [5, 5.41) is 13.9. The summed E-state index contributed by atoms with van der Waals surface area (Å²) in [6, 6.07) is 21.1. The zero-order valence-electron chi connectivity index (χ0n) is 13.2. The molecule has 0 aliphatic heterocycles. The highest BCUT2D eigenvalue weighted by atomic mass is 16.5. The van der Waals surface area contributed by atoms with E-state index in [9.17, 15) is 4.79 Å². The highest BCUT2D eigenvalue weighted by Gasteiger charge is 2.08. The number of fused-ring (bicyclic) bond motifs is 1. The van der Waals surface area contributed by atoms with E-state index in [4.69, 9.17) is 9.84 Å². The summed E-state index contributed by atoms with van der Waals surface area (Å²) < 4.78 is 5.48. The fourth-order valence-corrected chi connectivity index (χ4v) is 2.55. The summed E-state index contributed by atoms with van der Waals surface area (Å²) >= 11 is 0. The largest absolute Gasteiger partial charge is 0.491 e. The maximum absolute atomic E-state index is 12.4. The summed E-state index contributed by atoms with van der Waals surface area (Å²) in [5.41, 5.74) is 1.50. The van der Waals surface area contributed by atoms with Crippen LogP contribution in [0.3, 0.4) is 0 Å². The van der Waals surface area contributed by atoms with Gasteiger partial charge in [-0.3, -0.25) is 4.79 Å². The molecule has 0 atom stereocenters. The molecule has 0 saturated heterocycles. The predicted molar refractivity (Wildman–Crippen MR) is 94.1 cm³/mol. The molecule has 3 rings (SSSR count). The first-order valence-corrected chi connectivity index (χ1v) is 7.86. The van der Waals surface area contributed by atoms with Crippen molar-refractivity contribution in [2.24, 2.45) is 0 Å². The number of carbonyl (C=O) groups excluding carboxylic acids is 1. The molecule has 1 amide bonds. The third-order valence-electron chi connectivity index (χ3n) is 3.77. The minimum atomic E-state index is -0.127. The Hall–Kier alpha value is -2.85. The Morgan fingerprint density at radius 2 is 1.71 bits per heavy atom. The molecule has 2 N–H and O–H groups in total. The van der Waals surface area contributed by atoms with Crippen LogP contribution in [0, 0.1) is 0 Å². The van der Waals surface area contributed by atoms with Crippen LogP contribution in [-0.4, -0.2) is 24.2 Å². The summed E-state index contributed by atoms with van der Waals surface area (Å²) in [6.07, 6.45) is 0. The van der Waals surface area contributed by atoms with Crippen molar-refractivity contribution >= 4 is 16.7 Å². The van der Waals surface area contributed by atoms with Crippen molar-refractivity contribution in [2.45, 2.75) is 6.54 Å². The SMILES string of the molecule is O=C(NCc1ccccc1OCCO)c1ccc2ccccc2c1. The summed E-state index contributed by atoms with van der Waals surface area (Å²) in [6.45, 7) is 0.556. The molecule has 122 valence electrons. The van der Waals surface area contributed by atoms with Crippen molar-refractivity contribution in [1.82, 2.24) is 5.32 Å². The minimum Gasteiger partial charge on any atom is -0.491 e. The van der Waals surface area contributed by atoms with E-state index in [1.165, 1.54) is 0 Å². The molecule has 24 heavy (non-hydrogen) atoms. The first kappa shape index (κ1) is 16.0. The smallest absolute Gasteiger partial charge is 0.251 e. The fourth-order valence-electron chi connectivity index (χ4n) is 2.55. The maximum Gasteiger partial charge on any atom is 0.251 e. The second-order valence-corrected chi connectivity index (χ2v) is 5.42. The average molecular weight is 321 g/mol. The molecule has 4 heteroatoms. The molecular formula is C20H19NO3. The number of hydrogen-bond acceptors (Lipinski definition) is 3. The quantitative estimate of drug-likeness (QED) is 0.733. The number of para-hydroxylation sites is 1. The first-order valence-electron chi connectivity index (χ1n) is 7.86. The van der Waals surface area contributed by atoms with Gasteiger partial charge in [0.2, 0.25) is 0 Å². The molecule has 0 aliphatic carbocycles. The number of aliphatic hydroxyl groups excluding tert-OH is 1. The summed E-state index contributed by atoms with van der Waals surface area (Å²) in [5.74, 6) is 0.545. The van der Waals surface area contributed by atoms with Gasteiger partial charge in [-0.2, -0.15) is 0 Å². The summed E-state index contributed by atoms with van der Waals surface area (Å²) in [4.78, 5) is 12.4. The number of ether oxygens (including phenoxy) is 1. The second-order valence-electron chi connectivity index (χ2n) is 5.42. The van der Waals surface area contributed by atoms with Gasteiger partial charge < -0.3 is 15.2 Å². The van der Waals surface area contributed by atoms with Crippen LogP contribution < -0.4 is 10.1 Å². The van der Waals surface area contributed by atoms with Gasteiger partial charge in [-0.25, -0.2) is 0 Å². The molecule has 4 nitrogen and oxygen atoms in total. The molecular weight excluding hydrogens is 302 g/mol. The van der Waals surface area contributed by atoms with Gasteiger partial charge in [0.15, 0.2) is 0 Å². The van der Waals surface area contributed by atoms with Crippen LogP contribution in [0.5, 0.6) is 5.75 Å². The standard InChI is InChI=1S/C20H19NO3/c22-11-12-24-19-8-4-3-7-18(19)14-21-20(23)17-10-9-15-5-1-2-6-16(15)13-17/h1-10,13,22H,11-12,14H2,(H,21,23). The third kappa shape index (κ3) is 3.73. The average Bonchev–Trinajstić information content (AvgIpc) is 2.64. The Kier molecular flexibility index (Phi) is 5.08. The van der Waals surface area contributed by atoms with E-state index in [0.29, 0.717) is 17.9 Å². The van der Waals surface area contributed by atoms with Crippen LogP contribution in [0.1, 0.15) is 15.9 Å². The summed E-state index contributed by atoms with van der Waals surface area (Å²) in [7, 11) is 0. The van der Waals surface area contributed by atoms with Gasteiger partial charge >= 0.3 is 0 Å². The predicted octanol–water partition coefficient (Wildman–Crippen LogP) is 3.14. The van der Waals surface area contributed by atoms with Gasteiger partial charge in [-0.15, -0.1) is 0 Å². The zero-order valence-corrected chi connectivity index (χ0v) is 13.2. The van der Waals surface area contributed by atoms with Crippen LogP contribution >= 0.6 is 0 Å². The van der Waals surface area contributed by atoms with Crippen molar-refractivity contribution in [3.05, 3.63) is 77.9 Å². The molecule has 3 aromatic rings. The number of carbonyl (C=O) groups is 1. The van der Waals surface area contributed by atoms with E-state index in [2.05, 4.69) is 5.32 Å². The van der Waals surface area contributed by atoms with Gasteiger partial charge in [0.05, 0.1) is 6.61 Å². The minimum absolute atomic E-state index is 0.0439. The zero-order chi connectivity index (χ0) is 16.8. The highest BCUT2D eigenvalue weighted by Crippen LogP contribution is 2.19. The van der Waals surface area contributed by atoms with Crippen LogP contribution in [0.4, 0.5) is 0 Å². The maximum atomic E-state index is 12.4. The Balaban J connectivity index is 1.70. The topological polar surface area (TPSA) is 58.6 Å². The molecule has 0 unspecified atom stereocenters. The van der Waals surface area contributed by atoms with Gasteiger partial charge in [-0.1, -0.05) is 48.5 Å². The normalized spacial score (nSPS) is 10.5. The molecule has 0 spiro atoms. The number of nitrogens with one attached hydrogen (secondary N) is 1. The number of aliphatic hydroxyl groups is 1. The van der Waals surface area contributed by atoms with Crippen molar-refractivity contribution in [1.29, 1.82) is 0 Å². The molecule has 0 saturated carbocycles. The van der Waals surface area contributed by atoms with Crippen molar-refractivity contribution in [3.8, 4) is 5.75 Å². The van der Waals surface area contributed by atoms with Crippen molar-refractivity contribution < 1.29 is 14.6 Å². The van der Waals surface area contributed by atoms with Crippen LogP contribution in [0.25, 0.3) is 10.8 Å². The van der Waals surface area contributed by atoms with Gasteiger partial charge in [0, 0.05) is 17.7 Å². The molecule has 0 heterocycles. The van der Waals surface area contributed by atoms with Crippen molar-refractivity contribution in [2.75, 3.05) is 13.2 Å². The molecule has 0 aliphatic rings. The Bertz CT molecular complexity index is 845. The van der Waals surface area contributed by atoms with E-state index in [1.807, 2.05) is 66.7 Å². The molecule has 0 aromatic heterocycles. The van der Waals surface area contributed by atoms with Gasteiger partial charge in [-0.05, 0) is 29.0 Å². The first-order chi connectivity index (χ1) is 11.8. The molecule has 3 aromatic carbocycles. The highest BCUT2D eigenvalue weighted by molar-refractivity contribution is 5.98. The number of benzene rings is 3. The van der Waals surface area contributed by atoms with E-state index in [0.717, 1.165) is 16.3 Å². The molecule has 0 radical (unpaired) electrons. The van der Waals surface area contributed by atoms with E-state index in [1.54, 1.807) is 0 Å². The third-order valence-corrected chi connectivity index (χ3v) is 3.77. The van der Waals surface area contributed by atoms with Crippen LogP contribution in [0.2, 0.25) is 0 Å². The lowest BCUT2D eigenvalue weighted by atomic mass is 10.1. The Labute approximate surface area is 140 Å². The fraction of sp³-hybridized carbons (Fsp3) is 0.150. The number of rotatable bonds is 6. The van der Waals surface area contributed by atoms with E-state index >= 15 is 0 Å². The lowest BCUT2D eigenvalue weighted by Crippen LogP contribution is -2.23. The number of hydrogen-bond donors (Lipinski definition) is 2. The lowest BCUT2D eigenvalue weighted by molar-refractivity contribution is 0.0950. The van der Waals surface area contributed by atoms with Crippen LogP contribution in [-0.2, 0) is 6.54 Å². The lowest BCUT2D eigenvalue weighted by Gasteiger charge is -2.11. The Morgan fingerprint density at radius 3 is 2.54 bits per heavy atom. The molecule has 0 fully saturated rings. The van der Waals surface area contributed by atoms with E-state index in [-0.39, 0.29) is 19.1 Å².